The molecule has 0 unspecified atom stereocenters. The molecule has 0 radical (unpaired) electrons. The second kappa shape index (κ2) is 9.54. The van der Waals surface area contributed by atoms with Gasteiger partial charge in [-0.3, -0.25) is 0 Å². The normalized spacial score (nSPS) is 10.3. The fraction of sp³-hybridized carbons (Fsp3) is 0.238. The number of hydrogen-bond donors (Lipinski definition) is 4. The third-order valence-electron chi connectivity index (χ3n) is 4.15. The number of aryl methyl sites for hydroxylation is 2. The van der Waals surface area contributed by atoms with Crippen molar-refractivity contribution in [2.75, 3.05) is 6.54 Å². The van der Waals surface area contributed by atoms with Crippen LogP contribution in [-0.4, -0.2) is 33.7 Å². The Kier molecular flexibility index (Phi) is 7.14. The van der Waals surface area contributed by atoms with Gasteiger partial charge in [-0.15, -0.1) is 0 Å². The van der Waals surface area contributed by atoms with Gasteiger partial charge in [0.2, 0.25) is 0 Å². The topological polar surface area (TPSA) is 116 Å². The molecule has 2 aromatic carbocycles. The number of nitrogens with one attached hydrogen (secondary N) is 1. The molecule has 0 saturated heterocycles. The molecule has 142 valence electrons. The number of benzene rings is 2. The predicted octanol–water partition coefficient (Wildman–Crippen LogP) is 3.58. The highest BCUT2D eigenvalue weighted by Crippen LogP contribution is 2.33. The molecule has 3 rings (SSSR count). The first-order valence-electron chi connectivity index (χ1n) is 8.77. The fourth-order valence-electron chi connectivity index (χ4n) is 2.96. The lowest BCUT2D eigenvalue weighted by Gasteiger charge is -2.06. The quantitative estimate of drug-likeness (QED) is 0.406. The van der Waals surface area contributed by atoms with Gasteiger partial charge in [-0.05, 0) is 44.4 Å². The van der Waals surface area contributed by atoms with Crippen molar-refractivity contribution >= 4 is 22.8 Å². The number of rotatable bonds is 5. The molecule has 0 bridgehead atoms. The minimum absolute atomic E-state index is 0.764. The molecule has 1 aromatic heterocycles. The second-order valence-corrected chi connectivity index (χ2v) is 6.25. The zero-order valence-corrected chi connectivity index (χ0v) is 15.2. The minimum atomic E-state index is -1.82. The molecule has 3 aromatic rings. The zero-order chi connectivity index (χ0) is 19.8. The van der Waals surface area contributed by atoms with Crippen molar-refractivity contribution in [2.24, 2.45) is 5.73 Å². The largest absolute Gasteiger partial charge is 0.473 e. The second-order valence-electron chi connectivity index (χ2n) is 6.25. The SMILES string of the molecule is Cc1cccc(-c2c(CCCCN)[nH]c3ccccc23)c1.O=C(O)C(=O)O. The van der Waals surface area contributed by atoms with Crippen LogP contribution in [-0.2, 0) is 16.0 Å². The molecular formula is C21H24N2O4. The van der Waals surface area contributed by atoms with E-state index in [0.29, 0.717) is 0 Å². The van der Waals surface area contributed by atoms with Crippen LogP contribution in [0.3, 0.4) is 0 Å². The molecule has 0 spiro atoms. The standard InChI is InChI=1S/C19H22N2.C2H2O4/c1-14-7-6-8-15(13-14)19-16-9-2-3-10-17(16)21-18(19)11-4-5-12-20;3-1(4)2(5)6/h2-3,6-10,13,21H,4-5,11-12,20H2,1H3;(H,3,4)(H,5,6). The maximum atomic E-state index is 9.10. The van der Waals surface area contributed by atoms with Crippen LogP contribution >= 0.6 is 0 Å². The molecule has 5 N–H and O–H groups in total. The summed E-state index contributed by atoms with van der Waals surface area (Å²) in [5, 5.41) is 16.1. The maximum absolute atomic E-state index is 9.10. The summed E-state index contributed by atoms with van der Waals surface area (Å²) < 4.78 is 0. The van der Waals surface area contributed by atoms with Gasteiger partial charge in [0.1, 0.15) is 0 Å². The number of carboxylic acid groups (broad SMARTS) is 2. The van der Waals surface area contributed by atoms with E-state index < -0.39 is 11.9 Å². The van der Waals surface area contributed by atoms with E-state index in [1.54, 1.807) is 0 Å². The molecule has 0 fully saturated rings. The Balaban J connectivity index is 0.000000380. The number of aromatic nitrogens is 1. The Morgan fingerprint density at radius 3 is 2.33 bits per heavy atom. The number of fused-ring (bicyclic) bond motifs is 1. The van der Waals surface area contributed by atoms with Gasteiger partial charge in [0.05, 0.1) is 0 Å². The van der Waals surface area contributed by atoms with Crippen LogP contribution in [0, 0.1) is 6.92 Å². The van der Waals surface area contributed by atoms with E-state index >= 15 is 0 Å². The van der Waals surface area contributed by atoms with E-state index in [-0.39, 0.29) is 0 Å². The molecule has 0 atom stereocenters. The molecule has 6 heteroatoms. The van der Waals surface area contributed by atoms with E-state index in [4.69, 9.17) is 25.5 Å². The van der Waals surface area contributed by atoms with Crippen molar-refractivity contribution in [3.8, 4) is 11.1 Å². The summed E-state index contributed by atoms with van der Waals surface area (Å²) in [4.78, 5) is 21.8. The van der Waals surface area contributed by atoms with Crippen LogP contribution in [0.25, 0.3) is 22.0 Å². The number of carboxylic acids is 2. The lowest BCUT2D eigenvalue weighted by molar-refractivity contribution is -0.159. The number of hydrogen-bond acceptors (Lipinski definition) is 3. The number of H-pyrrole nitrogens is 1. The molecule has 0 amide bonds. The van der Waals surface area contributed by atoms with Crippen LogP contribution < -0.4 is 5.73 Å². The number of unbranched alkanes of at least 4 members (excludes halogenated alkanes) is 1. The molecule has 1 heterocycles. The summed E-state index contributed by atoms with van der Waals surface area (Å²) in [6.07, 6.45) is 3.25. The van der Waals surface area contributed by atoms with Crippen LogP contribution in [0.1, 0.15) is 24.1 Å². The van der Waals surface area contributed by atoms with Crippen molar-refractivity contribution in [3.63, 3.8) is 0 Å². The Labute approximate surface area is 157 Å². The first-order valence-corrected chi connectivity index (χ1v) is 8.77. The Morgan fingerprint density at radius 1 is 1.00 bits per heavy atom. The van der Waals surface area contributed by atoms with Crippen molar-refractivity contribution in [3.05, 3.63) is 59.8 Å². The highest BCUT2D eigenvalue weighted by atomic mass is 16.4. The fourth-order valence-corrected chi connectivity index (χ4v) is 2.96. The van der Waals surface area contributed by atoms with E-state index in [0.717, 1.165) is 25.8 Å². The molecule has 0 aliphatic carbocycles. The third-order valence-corrected chi connectivity index (χ3v) is 4.15. The monoisotopic (exact) mass is 368 g/mol. The third kappa shape index (κ3) is 5.43. The van der Waals surface area contributed by atoms with Gasteiger partial charge in [0.15, 0.2) is 0 Å². The average molecular weight is 368 g/mol. The van der Waals surface area contributed by atoms with Crippen molar-refractivity contribution < 1.29 is 19.8 Å². The van der Waals surface area contributed by atoms with E-state index in [1.165, 1.54) is 33.3 Å². The van der Waals surface area contributed by atoms with Gasteiger partial charge in [-0.2, -0.15) is 0 Å². The first kappa shape index (κ1) is 20.2. The highest BCUT2D eigenvalue weighted by molar-refractivity contribution is 6.27. The van der Waals surface area contributed by atoms with E-state index in [9.17, 15) is 0 Å². The van der Waals surface area contributed by atoms with Gasteiger partial charge >= 0.3 is 11.9 Å². The summed E-state index contributed by atoms with van der Waals surface area (Å²) in [6, 6.07) is 17.3. The number of carbonyl (C=O) groups is 2. The summed E-state index contributed by atoms with van der Waals surface area (Å²) >= 11 is 0. The van der Waals surface area contributed by atoms with Crippen LogP contribution in [0.5, 0.6) is 0 Å². The van der Waals surface area contributed by atoms with Gasteiger partial charge in [0.25, 0.3) is 0 Å². The summed E-state index contributed by atoms with van der Waals surface area (Å²) in [5.74, 6) is -3.65. The van der Waals surface area contributed by atoms with Gasteiger partial charge in [-0.25, -0.2) is 9.59 Å². The van der Waals surface area contributed by atoms with E-state index in [1.807, 2.05) is 0 Å². The Morgan fingerprint density at radius 2 is 1.70 bits per heavy atom. The summed E-state index contributed by atoms with van der Waals surface area (Å²) in [5.41, 5.74) is 12.1. The summed E-state index contributed by atoms with van der Waals surface area (Å²) in [6.45, 7) is 2.91. The maximum Gasteiger partial charge on any atom is 0.414 e. The average Bonchev–Trinajstić information content (AvgIpc) is 3.00. The van der Waals surface area contributed by atoms with Crippen molar-refractivity contribution in [2.45, 2.75) is 26.2 Å². The molecule has 0 saturated carbocycles. The minimum Gasteiger partial charge on any atom is -0.473 e. The van der Waals surface area contributed by atoms with Crippen LogP contribution in [0.4, 0.5) is 0 Å². The number of aromatic amines is 1. The van der Waals surface area contributed by atoms with Crippen LogP contribution in [0.15, 0.2) is 48.5 Å². The Bertz CT molecular complexity index is 919. The lowest BCUT2D eigenvalue weighted by Crippen LogP contribution is -2.09. The van der Waals surface area contributed by atoms with Crippen molar-refractivity contribution in [1.29, 1.82) is 0 Å². The molecule has 6 nitrogen and oxygen atoms in total. The smallest absolute Gasteiger partial charge is 0.414 e. The van der Waals surface area contributed by atoms with Gasteiger partial charge in [-0.1, -0.05) is 48.0 Å². The summed E-state index contributed by atoms with van der Waals surface area (Å²) in [7, 11) is 0. The highest BCUT2D eigenvalue weighted by Gasteiger charge is 2.12. The van der Waals surface area contributed by atoms with E-state index in [2.05, 4.69) is 60.4 Å². The molecular weight excluding hydrogens is 344 g/mol. The van der Waals surface area contributed by atoms with Crippen molar-refractivity contribution in [1.82, 2.24) is 4.98 Å². The number of nitrogens with two attached hydrogens (primary N) is 1. The zero-order valence-electron chi connectivity index (χ0n) is 15.2. The first-order chi connectivity index (χ1) is 12.9. The number of para-hydroxylation sites is 1. The predicted molar refractivity (Wildman–Crippen MR) is 106 cm³/mol. The molecule has 27 heavy (non-hydrogen) atoms. The van der Waals surface area contributed by atoms with Gasteiger partial charge in [0, 0.05) is 22.2 Å². The molecule has 0 aliphatic heterocycles. The number of aliphatic carboxylic acids is 2. The van der Waals surface area contributed by atoms with Gasteiger partial charge < -0.3 is 20.9 Å². The van der Waals surface area contributed by atoms with Crippen LogP contribution in [0.2, 0.25) is 0 Å². The lowest BCUT2D eigenvalue weighted by atomic mass is 9.98. The molecule has 0 aliphatic rings. The Hall–Kier alpha value is -3.12.